The Hall–Kier alpha value is -3.61. The van der Waals surface area contributed by atoms with E-state index in [2.05, 4.69) is 10.9 Å². The van der Waals surface area contributed by atoms with Crippen LogP contribution in [0.3, 0.4) is 0 Å². The van der Waals surface area contributed by atoms with Gasteiger partial charge in [-0.2, -0.15) is 0 Å². The summed E-state index contributed by atoms with van der Waals surface area (Å²) < 4.78 is 24.4. The van der Waals surface area contributed by atoms with Crippen molar-refractivity contribution in [2.45, 2.75) is 37.7 Å². The van der Waals surface area contributed by atoms with Crippen molar-refractivity contribution >= 4 is 11.8 Å². The lowest BCUT2D eigenvalue weighted by atomic mass is 9.78. The van der Waals surface area contributed by atoms with Crippen LogP contribution in [0, 0.1) is 5.82 Å². The molecule has 31 heavy (non-hydrogen) atoms. The zero-order valence-electron chi connectivity index (χ0n) is 16.9. The normalized spacial score (nSPS) is 14.7. The highest BCUT2D eigenvalue weighted by molar-refractivity contribution is 5.95. The van der Waals surface area contributed by atoms with Crippen LogP contribution in [0.15, 0.2) is 71.1 Å². The number of amides is 2. The highest BCUT2D eigenvalue weighted by atomic mass is 19.1. The molecular weight excluding hydrogens is 399 g/mol. The first-order valence-electron chi connectivity index (χ1n) is 10.2. The number of carbonyl (C=O) groups is 2. The van der Waals surface area contributed by atoms with Crippen molar-refractivity contribution in [2.24, 2.45) is 0 Å². The molecule has 7 heteroatoms. The Bertz CT molecular complexity index is 1040. The lowest BCUT2D eigenvalue weighted by molar-refractivity contribution is -0.127. The predicted octanol–water partition coefficient (Wildman–Crippen LogP) is 4.27. The SMILES string of the molecule is O=C(NNC(=O)C1(c2ccc(F)cc2)CCCC1)c1ccc(COc2ccccc2)o1. The van der Waals surface area contributed by atoms with Crippen LogP contribution in [-0.4, -0.2) is 11.8 Å². The number of hydrogen-bond acceptors (Lipinski definition) is 4. The number of halogens is 1. The molecular formula is C24H23FN2O4. The summed E-state index contributed by atoms with van der Waals surface area (Å²) in [5.74, 6) is 0.0131. The molecule has 3 aromatic rings. The first kappa shape index (κ1) is 20.7. The zero-order chi connectivity index (χ0) is 21.7. The Morgan fingerprint density at radius 2 is 1.65 bits per heavy atom. The Balaban J connectivity index is 1.36. The fourth-order valence-electron chi connectivity index (χ4n) is 3.94. The molecule has 0 aliphatic heterocycles. The molecule has 1 heterocycles. The second-order valence-electron chi connectivity index (χ2n) is 7.57. The van der Waals surface area contributed by atoms with Gasteiger partial charge in [0, 0.05) is 0 Å². The van der Waals surface area contributed by atoms with E-state index < -0.39 is 11.3 Å². The summed E-state index contributed by atoms with van der Waals surface area (Å²) in [6.07, 6.45) is 3.06. The van der Waals surface area contributed by atoms with E-state index in [1.165, 1.54) is 18.2 Å². The molecule has 0 spiro atoms. The molecule has 2 aromatic carbocycles. The summed E-state index contributed by atoms with van der Waals surface area (Å²) >= 11 is 0. The molecule has 4 rings (SSSR count). The molecule has 0 radical (unpaired) electrons. The maximum absolute atomic E-state index is 13.3. The second kappa shape index (κ2) is 9.04. The Morgan fingerprint density at radius 1 is 0.935 bits per heavy atom. The topological polar surface area (TPSA) is 80.6 Å². The number of carbonyl (C=O) groups excluding carboxylic acids is 2. The summed E-state index contributed by atoms with van der Waals surface area (Å²) in [5.41, 5.74) is 4.91. The molecule has 2 amide bonds. The summed E-state index contributed by atoms with van der Waals surface area (Å²) in [4.78, 5) is 25.4. The fourth-order valence-corrected chi connectivity index (χ4v) is 3.94. The third-order valence-corrected chi connectivity index (χ3v) is 5.59. The van der Waals surface area contributed by atoms with Gasteiger partial charge in [-0.05, 0) is 54.8 Å². The van der Waals surface area contributed by atoms with Gasteiger partial charge < -0.3 is 9.15 Å². The third-order valence-electron chi connectivity index (χ3n) is 5.59. The van der Waals surface area contributed by atoms with Crippen molar-refractivity contribution in [2.75, 3.05) is 0 Å². The molecule has 160 valence electrons. The molecule has 1 aliphatic carbocycles. The van der Waals surface area contributed by atoms with Crippen LogP contribution >= 0.6 is 0 Å². The molecule has 0 bridgehead atoms. The highest BCUT2D eigenvalue weighted by Gasteiger charge is 2.43. The van der Waals surface area contributed by atoms with Crippen LogP contribution in [-0.2, 0) is 16.8 Å². The molecule has 1 saturated carbocycles. The molecule has 1 aliphatic rings. The van der Waals surface area contributed by atoms with E-state index >= 15 is 0 Å². The lowest BCUT2D eigenvalue weighted by Gasteiger charge is -2.28. The smallest absolute Gasteiger partial charge is 0.305 e. The van der Waals surface area contributed by atoms with Crippen LogP contribution in [0.1, 0.15) is 47.6 Å². The quantitative estimate of drug-likeness (QED) is 0.582. The van der Waals surface area contributed by atoms with Gasteiger partial charge >= 0.3 is 5.91 Å². The van der Waals surface area contributed by atoms with Crippen molar-refractivity contribution in [1.82, 2.24) is 10.9 Å². The van der Waals surface area contributed by atoms with E-state index in [-0.39, 0.29) is 24.1 Å². The highest BCUT2D eigenvalue weighted by Crippen LogP contribution is 2.41. The van der Waals surface area contributed by atoms with Crippen molar-refractivity contribution in [3.05, 3.63) is 89.6 Å². The number of nitrogens with one attached hydrogen (secondary N) is 2. The third kappa shape index (κ3) is 4.60. The number of para-hydroxylation sites is 1. The monoisotopic (exact) mass is 422 g/mol. The van der Waals surface area contributed by atoms with Gasteiger partial charge in [0.15, 0.2) is 5.76 Å². The van der Waals surface area contributed by atoms with Crippen molar-refractivity contribution in [3.63, 3.8) is 0 Å². The van der Waals surface area contributed by atoms with Gasteiger partial charge in [-0.25, -0.2) is 4.39 Å². The predicted molar refractivity (Wildman–Crippen MR) is 112 cm³/mol. The van der Waals surface area contributed by atoms with Crippen molar-refractivity contribution in [3.8, 4) is 5.75 Å². The van der Waals surface area contributed by atoms with Crippen LogP contribution in [0.2, 0.25) is 0 Å². The molecule has 6 nitrogen and oxygen atoms in total. The van der Waals surface area contributed by atoms with Crippen molar-refractivity contribution < 1.29 is 23.1 Å². The molecule has 0 unspecified atom stereocenters. The maximum Gasteiger partial charge on any atom is 0.305 e. The zero-order valence-corrected chi connectivity index (χ0v) is 16.9. The minimum Gasteiger partial charge on any atom is -0.486 e. The average Bonchev–Trinajstić information content (AvgIpc) is 3.48. The van der Waals surface area contributed by atoms with Crippen LogP contribution in [0.5, 0.6) is 5.75 Å². The minimum absolute atomic E-state index is 0.0641. The van der Waals surface area contributed by atoms with E-state index in [1.807, 2.05) is 30.3 Å². The van der Waals surface area contributed by atoms with Gasteiger partial charge in [0.25, 0.3) is 0 Å². The van der Waals surface area contributed by atoms with E-state index in [0.29, 0.717) is 24.4 Å². The molecule has 2 N–H and O–H groups in total. The number of ether oxygens (including phenoxy) is 1. The van der Waals surface area contributed by atoms with Crippen LogP contribution < -0.4 is 15.6 Å². The Kier molecular flexibility index (Phi) is 6.02. The summed E-state index contributed by atoms with van der Waals surface area (Å²) in [6, 6.07) is 18.4. The van der Waals surface area contributed by atoms with Crippen LogP contribution in [0.25, 0.3) is 0 Å². The first-order valence-corrected chi connectivity index (χ1v) is 10.2. The van der Waals surface area contributed by atoms with E-state index in [4.69, 9.17) is 9.15 Å². The van der Waals surface area contributed by atoms with E-state index in [0.717, 1.165) is 18.4 Å². The summed E-state index contributed by atoms with van der Waals surface area (Å²) in [6.45, 7) is 0.178. The average molecular weight is 422 g/mol. The van der Waals surface area contributed by atoms with Crippen molar-refractivity contribution in [1.29, 1.82) is 0 Å². The second-order valence-corrected chi connectivity index (χ2v) is 7.57. The first-order chi connectivity index (χ1) is 15.1. The van der Waals surface area contributed by atoms with Gasteiger partial charge in [0.2, 0.25) is 5.91 Å². The van der Waals surface area contributed by atoms with Gasteiger partial charge in [-0.1, -0.05) is 43.2 Å². The molecule has 1 fully saturated rings. The molecule has 0 saturated heterocycles. The molecule has 1 aromatic heterocycles. The van der Waals surface area contributed by atoms with E-state index in [1.54, 1.807) is 18.2 Å². The van der Waals surface area contributed by atoms with Gasteiger partial charge in [-0.15, -0.1) is 0 Å². The summed E-state index contributed by atoms with van der Waals surface area (Å²) in [7, 11) is 0. The lowest BCUT2D eigenvalue weighted by Crippen LogP contribution is -2.50. The Labute approximate surface area is 179 Å². The van der Waals surface area contributed by atoms with Crippen LogP contribution in [0.4, 0.5) is 4.39 Å². The number of benzene rings is 2. The minimum atomic E-state index is -0.779. The largest absolute Gasteiger partial charge is 0.486 e. The standard InChI is InChI=1S/C24H23FN2O4/c25-18-10-8-17(9-11-18)24(14-4-5-15-24)23(29)27-26-22(28)21-13-12-20(31-21)16-30-19-6-2-1-3-7-19/h1-3,6-13H,4-5,14-16H2,(H,26,28)(H,27,29). The number of hydrogen-bond donors (Lipinski definition) is 2. The van der Waals surface area contributed by atoms with Gasteiger partial charge in [-0.3, -0.25) is 20.4 Å². The number of hydrazine groups is 1. The summed E-state index contributed by atoms with van der Waals surface area (Å²) in [5, 5.41) is 0. The maximum atomic E-state index is 13.3. The Morgan fingerprint density at radius 3 is 2.35 bits per heavy atom. The fraction of sp³-hybridized carbons (Fsp3) is 0.250. The number of furan rings is 1. The number of rotatable bonds is 6. The van der Waals surface area contributed by atoms with E-state index in [9.17, 15) is 14.0 Å². The molecule has 0 atom stereocenters. The van der Waals surface area contributed by atoms with Gasteiger partial charge in [0.05, 0.1) is 5.41 Å². The van der Waals surface area contributed by atoms with Gasteiger partial charge in [0.1, 0.15) is 23.9 Å².